The number of anilines is 1. The van der Waals surface area contributed by atoms with Crippen molar-refractivity contribution in [1.29, 1.82) is 0 Å². The van der Waals surface area contributed by atoms with Crippen LogP contribution in [0.4, 0.5) is 5.69 Å². The normalized spacial score (nSPS) is 10.6. The number of amides is 1. The number of thiocarbonyl (C=S) groups is 1. The quantitative estimate of drug-likeness (QED) is 0.253. The Morgan fingerprint density at radius 1 is 0.912 bits per heavy atom. The monoisotopic (exact) mass is 476 g/mol. The number of nitrogens with one attached hydrogen (secondary N) is 2. The molecule has 0 bridgehead atoms. The van der Waals surface area contributed by atoms with E-state index in [9.17, 15) is 4.79 Å². The van der Waals surface area contributed by atoms with E-state index in [0.29, 0.717) is 30.4 Å². The van der Waals surface area contributed by atoms with Crippen molar-refractivity contribution >= 4 is 28.9 Å². The zero-order chi connectivity index (χ0) is 24.2. The fraction of sp³-hybridized carbons (Fsp3) is 0.286. The number of para-hydroxylation sites is 1. The predicted molar refractivity (Wildman–Crippen MR) is 142 cm³/mol. The topological polar surface area (TPSA) is 59.6 Å². The van der Waals surface area contributed by atoms with Crippen LogP contribution in [0, 0.1) is 5.92 Å². The van der Waals surface area contributed by atoms with Gasteiger partial charge in [-0.3, -0.25) is 10.1 Å². The van der Waals surface area contributed by atoms with E-state index in [-0.39, 0.29) is 11.0 Å². The van der Waals surface area contributed by atoms with Crippen molar-refractivity contribution in [1.82, 2.24) is 5.32 Å². The predicted octanol–water partition coefficient (Wildman–Crippen LogP) is 6.25. The summed E-state index contributed by atoms with van der Waals surface area (Å²) in [6.07, 6.45) is 2.81. The average Bonchev–Trinajstić information content (AvgIpc) is 2.83. The van der Waals surface area contributed by atoms with E-state index in [1.54, 1.807) is 18.2 Å². The SMILES string of the molecule is CC(C)CCOc1ccccc1C(=O)NC(=S)Nc1cccc(OCCCc2ccccc2)c1. The van der Waals surface area contributed by atoms with Gasteiger partial charge < -0.3 is 14.8 Å². The molecule has 0 radical (unpaired) electrons. The number of carbonyl (C=O) groups excluding carboxylic acids is 1. The Kier molecular flexibility index (Phi) is 9.92. The highest BCUT2D eigenvalue weighted by molar-refractivity contribution is 7.80. The Morgan fingerprint density at radius 2 is 1.68 bits per heavy atom. The summed E-state index contributed by atoms with van der Waals surface area (Å²) in [6, 6.07) is 25.1. The highest BCUT2D eigenvalue weighted by atomic mass is 32.1. The van der Waals surface area contributed by atoms with Gasteiger partial charge in [-0.1, -0.05) is 62.4 Å². The lowest BCUT2D eigenvalue weighted by Gasteiger charge is -2.14. The molecule has 3 rings (SSSR count). The maximum Gasteiger partial charge on any atom is 0.261 e. The van der Waals surface area contributed by atoms with E-state index in [4.69, 9.17) is 21.7 Å². The summed E-state index contributed by atoms with van der Waals surface area (Å²) < 4.78 is 11.7. The molecule has 3 aromatic carbocycles. The Bertz CT molecular complexity index is 1070. The van der Waals surface area contributed by atoms with Crippen molar-refractivity contribution in [2.75, 3.05) is 18.5 Å². The third-order valence-electron chi connectivity index (χ3n) is 5.12. The van der Waals surface area contributed by atoms with Crippen LogP contribution < -0.4 is 20.1 Å². The molecule has 0 heterocycles. The Hall–Kier alpha value is -3.38. The largest absolute Gasteiger partial charge is 0.494 e. The molecule has 5 nitrogen and oxygen atoms in total. The maximum absolute atomic E-state index is 12.8. The summed E-state index contributed by atoms with van der Waals surface area (Å²) in [7, 11) is 0. The molecule has 0 spiro atoms. The molecule has 6 heteroatoms. The van der Waals surface area contributed by atoms with Gasteiger partial charge in [0.25, 0.3) is 5.91 Å². The van der Waals surface area contributed by atoms with Crippen molar-refractivity contribution in [3.05, 3.63) is 90.0 Å². The van der Waals surface area contributed by atoms with Crippen LogP contribution in [0.3, 0.4) is 0 Å². The molecule has 3 aromatic rings. The van der Waals surface area contributed by atoms with Crippen molar-refractivity contribution in [3.8, 4) is 11.5 Å². The van der Waals surface area contributed by atoms with Crippen LogP contribution in [0.2, 0.25) is 0 Å². The lowest BCUT2D eigenvalue weighted by molar-refractivity contribution is 0.0973. The third-order valence-corrected chi connectivity index (χ3v) is 5.33. The van der Waals surface area contributed by atoms with Gasteiger partial charge in [0.2, 0.25) is 0 Å². The molecule has 2 N–H and O–H groups in total. The van der Waals surface area contributed by atoms with Gasteiger partial charge >= 0.3 is 0 Å². The fourth-order valence-electron chi connectivity index (χ4n) is 3.29. The Balaban J connectivity index is 1.49. The molecular weight excluding hydrogens is 444 g/mol. The van der Waals surface area contributed by atoms with Crippen molar-refractivity contribution in [2.24, 2.45) is 5.92 Å². The number of rotatable bonds is 11. The van der Waals surface area contributed by atoms with Crippen molar-refractivity contribution in [2.45, 2.75) is 33.1 Å². The van der Waals surface area contributed by atoms with E-state index in [2.05, 4.69) is 36.6 Å². The van der Waals surface area contributed by atoms with E-state index < -0.39 is 0 Å². The van der Waals surface area contributed by atoms with Gasteiger partial charge in [0.05, 0.1) is 18.8 Å². The molecule has 0 aliphatic heterocycles. The number of benzene rings is 3. The second-order valence-corrected chi connectivity index (χ2v) is 8.81. The summed E-state index contributed by atoms with van der Waals surface area (Å²) in [5.74, 6) is 1.51. The smallest absolute Gasteiger partial charge is 0.261 e. The van der Waals surface area contributed by atoms with Crippen LogP contribution in [0.15, 0.2) is 78.9 Å². The van der Waals surface area contributed by atoms with Gasteiger partial charge in [-0.25, -0.2) is 0 Å². The third kappa shape index (κ3) is 8.52. The van der Waals surface area contributed by atoms with Crippen LogP contribution >= 0.6 is 12.2 Å². The van der Waals surface area contributed by atoms with Crippen LogP contribution in [-0.2, 0) is 6.42 Å². The Labute approximate surface area is 207 Å². The van der Waals surface area contributed by atoms with Crippen LogP contribution in [0.1, 0.15) is 42.6 Å². The number of hydrogen-bond donors (Lipinski definition) is 2. The first-order valence-corrected chi connectivity index (χ1v) is 12.0. The molecular formula is C28H32N2O3S. The first-order valence-electron chi connectivity index (χ1n) is 11.6. The summed E-state index contributed by atoms with van der Waals surface area (Å²) in [5.41, 5.74) is 2.49. The fourth-order valence-corrected chi connectivity index (χ4v) is 3.50. The van der Waals surface area contributed by atoms with Gasteiger partial charge in [0, 0.05) is 11.8 Å². The van der Waals surface area contributed by atoms with Gasteiger partial charge in [-0.05, 0) is 67.2 Å². The van der Waals surface area contributed by atoms with Crippen molar-refractivity contribution in [3.63, 3.8) is 0 Å². The Morgan fingerprint density at radius 3 is 2.47 bits per heavy atom. The number of ether oxygens (including phenoxy) is 2. The summed E-state index contributed by atoms with van der Waals surface area (Å²) in [5, 5.41) is 6.00. The summed E-state index contributed by atoms with van der Waals surface area (Å²) in [6.45, 7) is 5.45. The lowest BCUT2D eigenvalue weighted by Crippen LogP contribution is -2.34. The molecule has 0 unspecified atom stereocenters. The molecule has 34 heavy (non-hydrogen) atoms. The maximum atomic E-state index is 12.8. The van der Waals surface area contributed by atoms with E-state index in [1.807, 2.05) is 48.5 Å². The number of aryl methyl sites for hydroxylation is 1. The zero-order valence-corrected chi connectivity index (χ0v) is 20.6. The number of hydrogen-bond acceptors (Lipinski definition) is 4. The van der Waals surface area contributed by atoms with Gasteiger partial charge in [-0.15, -0.1) is 0 Å². The van der Waals surface area contributed by atoms with Gasteiger partial charge in [0.1, 0.15) is 11.5 Å². The average molecular weight is 477 g/mol. The molecule has 0 saturated carbocycles. The molecule has 0 atom stereocenters. The van der Waals surface area contributed by atoms with Crippen molar-refractivity contribution < 1.29 is 14.3 Å². The molecule has 0 fully saturated rings. The van der Waals surface area contributed by atoms with E-state index in [0.717, 1.165) is 30.7 Å². The van der Waals surface area contributed by atoms with E-state index in [1.165, 1.54) is 5.56 Å². The minimum Gasteiger partial charge on any atom is -0.494 e. The van der Waals surface area contributed by atoms with E-state index >= 15 is 0 Å². The molecule has 0 aliphatic carbocycles. The standard InChI is InChI=1S/C28H32N2O3S/c1-21(2)17-19-33-26-16-7-6-15-25(26)27(31)30-28(34)29-23-13-8-14-24(20-23)32-18-9-12-22-10-4-3-5-11-22/h3-8,10-11,13-16,20-21H,9,12,17-19H2,1-2H3,(H2,29,30,31,34). The second-order valence-electron chi connectivity index (χ2n) is 8.40. The van der Waals surface area contributed by atoms with Crippen LogP contribution in [0.5, 0.6) is 11.5 Å². The zero-order valence-electron chi connectivity index (χ0n) is 19.8. The molecule has 178 valence electrons. The van der Waals surface area contributed by atoms with Crippen LogP contribution in [-0.4, -0.2) is 24.2 Å². The first kappa shape index (κ1) is 25.2. The highest BCUT2D eigenvalue weighted by Gasteiger charge is 2.14. The molecule has 1 amide bonds. The minimum atomic E-state index is -0.314. The van der Waals surface area contributed by atoms with Gasteiger partial charge in [0.15, 0.2) is 5.11 Å². The highest BCUT2D eigenvalue weighted by Crippen LogP contribution is 2.20. The summed E-state index contributed by atoms with van der Waals surface area (Å²) >= 11 is 5.36. The number of carbonyl (C=O) groups is 1. The minimum absolute atomic E-state index is 0.211. The van der Waals surface area contributed by atoms with Gasteiger partial charge in [-0.2, -0.15) is 0 Å². The first-order chi connectivity index (χ1) is 16.5. The van der Waals surface area contributed by atoms with Crippen LogP contribution in [0.25, 0.3) is 0 Å². The molecule has 0 saturated heterocycles. The second kappa shape index (κ2) is 13.4. The summed E-state index contributed by atoms with van der Waals surface area (Å²) in [4.78, 5) is 12.8. The molecule has 0 aliphatic rings. The lowest BCUT2D eigenvalue weighted by atomic mass is 10.1. The molecule has 0 aromatic heterocycles.